The maximum atomic E-state index is 11.8. The molecule has 0 N–H and O–H groups in total. The minimum Gasteiger partial charge on any atom is -0.384 e. The van der Waals surface area contributed by atoms with Gasteiger partial charge in [0.1, 0.15) is 0 Å². The minimum atomic E-state index is 0.194. The summed E-state index contributed by atoms with van der Waals surface area (Å²) in [6, 6.07) is 0.751. The molecule has 1 aromatic heterocycles. The number of ether oxygens (including phenoxy) is 1. The fraction of sp³-hybridized carbons (Fsp3) is 0.812. The van der Waals surface area contributed by atoms with Crippen LogP contribution in [0.25, 0.3) is 0 Å². The molecule has 0 radical (unpaired) electrons. The number of hydrogen-bond donors (Lipinski definition) is 0. The molecule has 128 valence electrons. The molecule has 2 aliphatic rings. The molecule has 3 rings (SSSR count). The number of methoxy groups -OCH3 is 1. The molecule has 0 aromatic carbocycles. The highest BCUT2D eigenvalue weighted by Gasteiger charge is 2.39. The second-order valence-corrected chi connectivity index (χ2v) is 6.45. The predicted octanol–water partition coefficient (Wildman–Crippen LogP) is 1.23. The summed E-state index contributed by atoms with van der Waals surface area (Å²) in [7, 11) is 1.66. The normalized spacial score (nSPS) is 25.4. The van der Waals surface area contributed by atoms with E-state index in [1.54, 1.807) is 14.0 Å². The highest BCUT2D eigenvalue weighted by atomic mass is 16.5. The third-order valence-electron chi connectivity index (χ3n) is 4.94. The van der Waals surface area contributed by atoms with Gasteiger partial charge in [-0.05, 0) is 32.2 Å². The third-order valence-corrected chi connectivity index (χ3v) is 4.94. The molecular weight excluding hydrogens is 296 g/mol. The van der Waals surface area contributed by atoms with Gasteiger partial charge in [0.25, 0.3) is 0 Å². The van der Waals surface area contributed by atoms with Crippen molar-refractivity contribution in [3.63, 3.8) is 0 Å². The minimum absolute atomic E-state index is 0.194. The number of carbonyl (C=O) groups is 1. The molecule has 2 aliphatic heterocycles. The van der Waals surface area contributed by atoms with E-state index < -0.39 is 0 Å². The highest BCUT2D eigenvalue weighted by molar-refractivity contribution is 5.74. The maximum absolute atomic E-state index is 11.8. The van der Waals surface area contributed by atoms with E-state index in [1.807, 2.05) is 4.90 Å². The SMILES string of the molecule is COCCc1noc(CN2CCC[C@@H]2[C@@H]2CCCN2C(C)=O)n1. The van der Waals surface area contributed by atoms with E-state index in [0.29, 0.717) is 43.4 Å². The lowest BCUT2D eigenvalue weighted by atomic mass is 10.0. The van der Waals surface area contributed by atoms with Crippen molar-refractivity contribution in [1.29, 1.82) is 0 Å². The molecule has 7 heteroatoms. The highest BCUT2D eigenvalue weighted by Crippen LogP contribution is 2.30. The van der Waals surface area contributed by atoms with Crippen LogP contribution in [-0.2, 0) is 22.5 Å². The maximum Gasteiger partial charge on any atom is 0.240 e. The summed E-state index contributed by atoms with van der Waals surface area (Å²) in [5.41, 5.74) is 0. The molecule has 1 aromatic rings. The molecule has 23 heavy (non-hydrogen) atoms. The monoisotopic (exact) mass is 322 g/mol. The van der Waals surface area contributed by atoms with E-state index in [9.17, 15) is 4.79 Å². The van der Waals surface area contributed by atoms with Crippen molar-refractivity contribution >= 4 is 5.91 Å². The summed E-state index contributed by atoms with van der Waals surface area (Å²) in [6.45, 7) is 4.88. The van der Waals surface area contributed by atoms with Gasteiger partial charge in [0, 0.05) is 39.1 Å². The first-order valence-corrected chi connectivity index (χ1v) is 8.50. The Balaban J connectivity index is 1.62. The van der Waals surface area contributed by atoms with Crippen molar-refractivity contribution in [3.05, 3.63) is 11.7 Å². The summed E-state index contributed by atoms with van der Waals surface area (Å²) in [6.07, 6.45) is 5.18. The molecule has 0 spiro atoms. The molecule has 0 aliphatic carbocycles. The second-order valence-electron chi connectivity index (χ2n) is 6.45. The Morgan fingerprint density at radius 1 is 1.30 bits per heavy atom. The van der Waals surface area contributed by atoms with E-state index in [0.717, 1.165) is 38.8 Å². The van der Waals surface area contributed by atoms with Crippen molar-refractivity contribution in [2.75, 3.05) is 26.8 Å². The van der Waals surface area contributed by atoms with Crippen molar-refractivity contribution in [2.45, 2.75) is 57.7 Å². The molecule has 0 bridgehead atoms. The van der Waals surface area contributed by atoms with E-state index in [4.69, 9.17) is 9.26 Å². The zero-order valence-corrected chi connectivity index (χ0v) is 14.0. The third kappa shape index (κ3) is 3.72. The number of nitrogens with zero attached hydrogens (tertiary/aromatic N) is 4. The molecular formula is C16H26N4O3. The van der Waals surface area contributed by atoms with Crippen LogP contribution in [0.4, 0.5) is 0 Å². The Kier molecular flexibility index (Phi) is 5.27. The largest absolute Gasteiger partial charge is 0.384 e. The number of amides is 1. The molecule has 7 nitrogen and oxygen atoms in total. The zero-order chi connectivity index (χ0) is 16.2. The van der Waals surface area contributed by atoms with Gasteiger partial charge < -0.3 is 14.2 Å². The lowest BCUT2D eigenvalue weighted by molar-refractivity contribution is -0.130. The topological polar surface area (TPSA) is 71.7 Å². The molecule has 3 heterocycles. The Morgan fingerprint density at radius 3 is 2.87 bits per heavy atom. The van der Waals surface area contributed by atoms with Crippen LogP contribution in [-0.4, -0.2) is 64.7 Å². The molecule has 2 fully saturated rings. The molecule has 0 unspecified atom stereocenters. The van der Waals surface area contributed by atoms with Crippen LogP contribution in [0.1, 0.15) is 44.3 Å². The first kappa shape index (κ1) is 16.4. The first-order valence-electron chi connectivity index (χ1n) is 8.50. The quantitative estimate of drug-likeness (QED) is 0.784. The van der Waals surface area contributed by atoms with Crippen molar-refractivity contribution < 1.29 is 14.1 Å². The van der Waals surface area contributed by atoms with Gasteiger partial charge in [0.05, 0.1) is 13.2 Å². The standard InChI is InChI=1S/C16H26N4O3/c1-12(21)20-9-4-6-14(20)13-5-3-8-19(13)11-16-17-15(18-23-16)7-10-22-2/h13-14H,3-11H2,1-2H3/t13-,14+/m1/s1. The van der Waals surface area contributed by atoms with Crippen molar-refractivity contribution in [1.82, 2.24) is 19.9 Å². The van der Waals surface area contributed by atoms with Gasteiger partial charge in [0.15, 0.2) is 5.82 Å². The summed E-state index contributed by atoms with van der Waals surface area (Å²) >= 11 is 0. The summed E-state index contributed by atoms with van der Waals surface area (Å²) in [5, 5.41) is 4.00. The summed E-state index contributed by atoms with van der Waals surface area (Å²) in [4.78, 5) is 20.7. The van der Waals surface area contributed by atoms with Gasteiger partial charge in [-0.1, -0.05) is 5.16 Å². The number of hydrogen-bond acceptors (Lipinski definition) is 6. The zero-order valence-electron chi connectivity index (χ0n) is 14.0. The van der Waals surface area contributed by atoms with Gasteiger partial charge in [0.2, 0.25) is 11.8 Å². The van der Waals surface area contributed by atoms with Crippen LogP contribution in [0, 0.1) is 0 Å². The molecule has 0 saturated carbocycles. The van der Waals surface area contributed by atoms with E-state index >= 15 is 0 Å². The number of aromatic nitrogens is 2. The van der Waals surface area contributed by atoms with Gasteiger partial charge in [-0.2, -0.15) is 4.98 Å². The van der Waals surface area contributed by atoms with Crippen LogP contribution >= 0.6 is 0 Å². The van der Waals surface area contributed by atoms with Crippen LogP contribution in [0.2, 0.25) is 0 Å². The van der Waals surface area contributed by atoms with Crippen LogP contribution in [0.5, 0.6) is 0 Å². The second kappa shape index (κ2) is 7.40. The number of carbonyl (C=O) groups excluding carboxylic acids is 1. The fourth-order valence-corrected chi connectivity index (χ4v) is 3.89. The number of rotatable bonds is 6. The lowest BCUT2D eigenvalue weighted by Crippen LogP contribution is -2.47. The smallest absolute Gasteiger partial charge is 0.240 e. The van der Waals surface area contributed by atoms with Gasteiger partial charge >= 0.3 is 0 Å². The van der Waals surface area contributed by atoms with Crippen LogP contribution in [0.15, 0.2) is 4.52 Å². The lowest BCUT2D eigenvalue weighted by Gasteiger charge is -2.33. The van der Waals surface area contributed by atoms with Crippen LogP contribution in [0.3, 0.4) is 0 Å². The summed E-state index contributed by atoms with van der Waals surface area (Å²) < 4.78 is 10.4. The fourth-order valence-electron chi connectivity index (χ4n) is 3.89. The summed E-state index contributed by atoms with van der Waals surface area (Å²) in [5.74, 6) is 1.55. The van der Waals surface area contributed by atoms with Gasteiger partial charge in [-0.25, -0.2) is 0 Å². The Labute approximate surface area is 137 Å². The van der Waals surface area contributed by atoms with Crippen molar-refractivity contribution in [3.8, 4) is 0 Å². The van der Waals surface area contributed by atoms with Crippen LogP contribution < -0.4 is 0 Å². The molecule has 1 amide bonds. The molecule has 2 saturated heterocycles. The Bertz CT molecular complexity index is 533. The average Bonchev–Trinajstić information content (AvgIpc) is 3.25. The van der Waals surface area contributed by atoms with Gasteiger partial charge in [-0.15, -0.1) is 0 Å². The predicted molar refractivity (Wildman–Crippen MR) is 83.7 cm³/mol. The number of likely N-dealkylation sites (tertiary alicyclic amines) is 2. The van der Waals surface area contributed by atoms with E-state index in [1.165, 1.54) is 0 Å². The van der Waals surface area contributed by atoms with E-state index in [-0.39, 0.29) is 5.91 Å². The first-order chi connectivity index (χ1) is 11.2. The Morgan fingerprint density at radius 2 is 2.09 bits per heavy atom. The molecule has 2 atom stereocenters. The Hall–Kier alpha value is -1.47. The average molecular weight is 322 g/mol. The van der Waals surface area contributed by atoms with E-state index in [2.05, 4.69) is 15.0 Å². The van der Waals surface area contributed by atoms with Gasteiger partial charge in [-0.3, -0.25) is 9.69 Å². The van der Waals surface area contributed by atoms with Crippen molar-refractivity contribution in [2.24, 2.45) is 0 Å².